The molecular formula is C24H22F6N2O7. The number of anilines is 1. The van der Waals surface area contributed by atoms with Crippen molar-refractivity contribution in [1.82, 2.24) is 4.90 Å². The Hall–Kier alpha value is -4.17. The number of rotatable bonds is 5. The first-order chi connectivity index (χ1) is 18.0. The Kier molecular flexibility index (Phi) is 7.94. The van der Waals surface area contributed by atoms with Gasteiger partial charge in [0.25, 0.3) is 0 Å². The summed E-state index contributed by atoms with van der Waals surface area (Å²) in [5, 5.41) is 19.3. The van der Waals surface area contributed by atoms with Crippen molar-refractivity contribution in [3.63, 3.8) is 0 Å². The number of benzene rings is 2. The van der Waals surface area contributed by atoms with Crippen molar-refractivity contribution in [2.75, 3.05) is 19.1 Å². The first-order valence-electron chi connectivity index (χ1n) is 11.1. The van der Waals surface area contributed by atoms with Gasteiger partial charge in [-0.05, 0) is 49.2 Å². The van der Waals surface area contributed by atoms with Gasteiger partial charge in [-0.2, -0.15) is 26.3 Å². The lowest BCUT2D eigenvalue weighted by Crippen LogP contribution is -2.47. The van der Waals surface area contributed by atoms with Crippen LogP contribution in [0.4, 0.5) is 41.6 Å². The number of alkyl halides is 6. The molecule has 0 aromatic heterocycles. The summed E-state index contributed by atoms with van der Waals surface area (Å²) < 4.78 is 90.3. The molecule has 2 N–H and O–H groups in total. The molecule has 0 bridgehead atoms. The summed E-state index contributed by atoms with van der Waals surface area (Å²) in [6.45, 7) is 0.656. The van der Waals surface area contributed by atoms with Crippen molar-refractivity contribution < 1.29 is 60.4 Å². The van der Waals surface area contributed by atoms with Crippen LogP contribution in [0.25, 0.3) is 0 Å². The van der Waals surface area contributed by atoms with Crippen LogP contribution in [-0.2, 0) is 23.6 Å². The summed E-state index contributed by atoms with van der Waals surface area (Å²) in [6.07, 6.45) is -13.0. The van der Waals surface area contributed by atoms with E-state index in [-0.39, 0.29) is 29.5 Å². The first-order valence-corrected chi connectivity index (χ1v) is 11.1. The molecule has 0 fully saturated rings. The number of carboxylic acid groups (broad SMARTS) is 2. The second kappa shape index (κ2) is 10.5. The zero-order valence-electron chi connectivity index (χ0n) is 20.6. The summed E-state index contributed by atoms with van der Waals surface area (Å²) in [5.74, 6) is -1.67. The van der Waals surface area contributed by atoms with Gasteiger partial charge in [-0.3, -0.25) is 9.80 Å². The Morgan fingerprint density at radius 3 is 1.97 bits per heavy atom. The molecule has 39 heavy (non-hydrogen) atoms. The number of aromatic carboxylic acids is 1. The lowest BCUT2D eigenvalue weighted by atomic mass is 9.89. The monoisotopic (exact) mass is 564 g/mol. The molecule has 1 aliphatic heterocycles. The van der Waals surface area contributed by atoms with Crippen LogP contribution in [0, 0.1) is 0 Å². The molecule has 1 aliphatic rings. The van der Waals surface area contributed by atoms with Crippen LogP contribution in [-0.4, -0.2) is 53.5 Å². The standard InChI is InChI=1S/C24H22F6N2O7/c1-11-4-17(15-9-19(38-2)16(20(33)34)8-18(15)32(11)21(35)36)31(22(37)39-3)10-12-5-13(23(25,26)27)7-14(6-12)24(28,29)30/h5-9,11,17H,4,10H2,1-3H3,(H,33,34)(H,35,36)/t11-,17+/m1/s1. The number of carbonyl (C=O) groups excluding carboxylic acids is 1. The van der Waals surface area contributed by atoms with E-state index in [0.29, 0.717) is 12.1 Å². The normalized spacial score (nSPS) is 17.3. The predicted molar refractivity (Wildman–Crippen MR) is 122 cm³/mol. The van der Waals surface area contributed by atoms with Crippen molar-refractivity contribution in [1.29, 1.82) is 0 Å². The molecule has 1 heterocycles. The molecule has 2 aromatic rings. The minimum Gasteiger partial charge on any atom is -0.496 e. The Labute approximate surface area is 217 Å². The van der Waals surface area contributed by atoms with Crippen LogP contribution < -0.4 is 9.64 Å². The van der Waals surface area contributed by atoms with Crippen molar-refractivity contribution in [2.24, 2.45) is 0 Å². The van der Waals surface area contributed by atoms with Crippen LogP contribution in [0.1, 0.15) is 52.0 Å². The summed E-state index contributed by atoms with van der Waals surface area (Å²) in [6, 6.07) is 1.01. The van der Waals surface area contributed by atoms with Crippen molar-refractivity contribution >= 4 is 23.8 Å². The van der Waals surface area contributed by atoms with E-state index in [2.05, 4.69) is 0 Å². The van der Waals surface area contributed by atoms with Gasteiger partial charge in [-0.1, -0.05) is 0 Å². The number of amides is 2. The lowest BCUT2D eigenvalue weighted by Gasteiger charge is -2.42. The predicted octanol–water partition coefficient (Wildman–Crippen LogP) is 6.02. The van der Waals surface area contributed by atoms with Crippen LogP contribution in [0.5, 0.6) is 5.75 Å². The number of carbonyl (C=O) groups is 3. The maximum Gasteiger partial charge on any atom is 0.416 e. The fourth-order valence-electron chi connectivity index (χ4n) is 4.50. The van der Waals surface area contributed by atoms with Gasteiger partial charge < -0.3 is 19.7 Å². The van der Waals surface area contributed by atoms with Gasteiger partial charge >= 0.3 is 30.5 Å². The molecular weight excluding hydrogens is 542 g/mol. The molecule has 2 amide bonds. The van der Waals surface area contributed by atoms with Crippen molar-refractivity contribution in [2.45, 2.75) is 44.3 Å². The Balaban J connectivity index is 2.23. The fourth-order valence-corrected chi connectivity index (χ4v) is 4.50. The average Bonchev–Trinajstić information content (AvgIpc) is 2.84. The van der Waals surface area contributed by atoms with E-state index < -0.39 is 71.4 Å². The van der Waals surface area contributed by atoms with E-state index in [1.54, 1.807) is 0 Å². The molecule has 9 nitrogen and oxygen atoms in total. The molecule has 0 spiro atoms. The van der Waals surface area contributed by atoms with Crippen LogP contribution in [0.2, 0.25) is 0 Å². The van der Waals surface area contributed by atoms with Crippen LogP contribution >= 0.6 is 0 Å². The van der Waals surface area contributed by atoms with E-state index in [4.69, 9.17) is 9.47 Å². The number of hydrogen-bond donors (Lipinski definition) is 2. The molecule has 2 aromatic carbocycles. The van der Waals surface area contributed by atoms with Gasteiger partial charge in [0.05, 0.1) is 37.1 Å². The van der Waals surface area contributed by atoms with Gasteiger partial charge in [-0.15, -0.1) is 0 Å². The van der Waals surface area contributed by atoms with Crippen molar-refractivity contribution in [3.05, 3.63) is 58.1 Å². The second-order valence-electron chi connectivity index (χ2n) is 8.68. The fraction of sp³-hybridized carbons (Fsp3) is 0.375. The summed E-state index contributed by atoms with van der Waals surface area (Å²) >= 11 is 0. The van der Waals surface area contributed by atoms with E-state index in [1.807, 2.05) is 0 Å². The van der Waals surface area contributed by atoms with Gasteiger partial charge in [0, 0.05) is 18.2 Å². The summed E-state index contributed by atoms with van der Waals surface area (Å²) in [5.41, 5.74) is -4.22. The number of ether oxygens (including phenoxy) is 2. The average molecular weight is 564 g/mol. The quantitative estimate of drug-likeness (QED) is 0.427. The Morgan fingerprint density at radius 2 is 1.54 bits per heavy atom. The number of halogens is 6. The highest BCUT2D eigenvalue weighted by Gasteiger charge is 2.41. The summed E-state index contributed by atoms with van der Waals surface area (Å²) in [4.78, 5) is 38.3. The molecule has 0 saturated heterocycles. The number of nitrogens with zero attached hydrogens (tertiary/aromatic N) is 2. The Bertz CT molecular complexity index is 1260. The van der Waals surface area contributed by atoms with E-state index in [1.165, 1.54) is 6.92 Å². The minimum atomic E-state index is -5.12. The number of methoxy groups -OCH3 is 2. The topological polar surface area (TPSA) is 117 Å². The van der Waals surface area contributed by atoms with Crippen LogP contribution in [0.15, 0.2) is 30.3 Å². The zero-order chi connectivity index (χ0) is 29.4. The molecule has 0 radical (unpaired) electrons. The third-order valence-electron chi connectivity index (χ3n) is 6.19. The lowest BCUT2D eigenvalue weighted by molar-refractivity contribution is -0.143. The number of hydrogen-bond acceptors (Lipinski definition) is 5. The van der Waals surface area contributed by atoms with Gasteiger partial charge in [0.2, 0.25) is 0 Å². The second-order valence-corrected chi connectivity index (χ2v) is 8.68. The van der Waals surface area contributed by atoms with E-state index in [9.17, 15) is 50.9 Å². The molecule has 2 atom stereocenters. The zero-order valence-corrected chi connectivity index (χ0v) is 20.6. The SMILES string of the molecule is COC(=O)N(Cc1cc(C(F)(F)F)cc(C(F)(F)F)c1)[C@H]1C[C@@H](C)N(C(=O)O)c2cc(C(=O)O)c(OC)cc21. The third kappa shape index (κ3) is 5.96. The summed E-state index contributed by atoms with van der Waals surface area (Å²) in [7, 11) is 2.09. The molecule has 0 saturated carbocycles. The van der Waals surface area contributed by atoms with Gasteiger partial charge in [0.1, 0.15) is 11.3 Å². The highest BCUT2D eigenvalue weighted by atomic mass is 19.4. The maximum atomic E-state index is 13.4. The molecule has 15 heteroatoms. The van der Waals surface area contributed by atoms with Gasteiger partial charge in [0.15, 0.2) is 0 Å². The molecule has 0 aliphatic carbocycles. The number of fused-ring (bicyclic) bond motifs is 1. The molecule has 212 valence electrons. The smallest absolute Gasteiger partial charge is 0.416 e. The highest BCUT2D eigenvalue weighted by molar-refractivity contribution is 5.96. The largest absolute Gasteiger partial charge is 0.496 e. The van der Waals surface area contributed by atoms with E-state index >= 15 is 0 Å². The van der Waals surface area contributed by atoms with Gasteiger partial charge in [-0.25, -0.2) is 14.4 Å². The molecule has 3 rings (SSSR count). The van der Waals surface area contributed by atoms with E-state index in [0.717, 1.165) is 36.2 Å². The third-order valence-corrected chi connectivity index (χ3v) is 6.19. The van der Waals surface area contributed by atoms with Crippen LogP contribution in [0.3, 0.4) is 0 Å². The highest BCUT2D eigenvalue weighted by Crippen LogP contribution is 2.45. The number of carboxylic acids is 1. The van der Waals surface area contributed by atoms with Crippen molar-refractivity contribution in [3.8, 4) is 5.75 Å². The minimum absolute atomic E-state index is 0.0331. The molecule has 0 unspecified atom stereocenters. The maximum absolute atomic E-state index is 13.4. The first kappa shape index (κ1) is 29.4. The Morgan fingerprint density at radius 1 is 0.974 bits per heavy atom.